The van der Waals surface area contributed by atoms with Gasteiger partial charge in [-0.1, -0.05) is 309 Å². The van der Waals surface area contributed by atoms with Crippen LogP contribution in [0.4, 0.5) is 0 Å². The lowest BCUT2D eigenvalue weighted by Crippen LogP contribution is -2.53. The van der Waals surface area contributed by atoms with E-state index in [1.54, 1.807) is 0 Å². The molecule has 5 N–H and O–H groups in total. The van der Waals surface area contributed by atoms with E-state index in [1.807, 2.05) is 0 Å². The quantitative estimate of drug-likeness (QED) is 0.0391. The van der Waals surface area contributed by atoms with Gasteiger partial charge in [-0.15, -0.1) is 0 Å². The second-order valence-electron chi connectivity index (χ2n) is 20.0. The highest BCUT2D eigenvalue weighted by Gasteiger charge is 2.28. The van der Waals surface area contributed by atoms with Gasteiger partial charge in [-0.25, -0.2) is 0 Å². The van der Waals surface area contributed by atoms with Gasteiger partial charge < -0.3 is 25.7 Å². The first kappa shape index (κ1) is 61.3. The Bertz CT molecular complexity index is 856. The predicted molar refractivity (Wildman–Crippen MR) is 270 cm³/mol. The fourth-order valence-corrected chi connectivity index (χ4v) is 9.35. The van der Waals surface area contributed by atoms with E-state index in [4.69, 9.17) is 0 Å². The number of aliphatic hydroxyl groups excluding tert-OH is 4. The Labute approximate surface area is 388 Å². The summed E-state index contributed by atoms with van der Waals surface area (Å²) in [6, 6.07) is -0.980. The maximum Gasteiger partial charge on any atom is 0.249 e. The molecule has 0 aromatic rings. The molecule has 0 bridgehead atoms. The number of hydrogen-bond donors (Lipinski definition) is 5. The minimum absolute atomic E-state index is 0.376. The monoisotopic (exact) mass is 880 g/mol. The fourth-order valence-electron chi connectivity index (χ4n) is 9.35. The summed E-state index contributed by atoms with van der Waals surface area (Å²) in [5.41, 5.74) is 0. The average molecular weight is 881 g/mol. The standard InChI is InChI=1S/C56H113NO5/c1-3-5-7-9-11-13-15-17-19-21-23-25-26-27-28-29-30-32-34-36-38-40-42-44-46-48-50-54(60)56(62)57-52(51-58)55(61)53(59)49-47-45-43-41-39-37-35-33-31-24-22-20-18-16-14-12-10-8-6-4-2/h52-55,58-61H,3-51H2,1-2H3,(H,57,62). The number of unbranched alkanes of at least 4 members (excludes halogenated alkanes) is 44. The van der Waals surface area contributed by atoms with Crippen LogP contribution in [0.3, 0.4) is 0 Å². The number of carbonyl (C=O) groups excluding carboxylic acids is 1. The summed E-state index contributed by atoms with van der Waals surface area (Å²) in [6.07, 6.45) is 58.8. The van der Waals surface area contributed by atoms with Gasteiger partial charge in [0, 0.05) is 0 Å². The molecule has 6 nitrogen and oxygen atoms in total. The van der Waals surface area contributed by atoms with Gasteiger partial charge in [0.1, 0.15) is 12.2 Å². The molecular formula is C56H113NO5. The molecule has 0 saturated heterocycles. The van der Waals surface area contributed by atoms with E-state index in [0.717, 1.165) is 38.5 Å². The number of hydrogen-bond acceptors (Lipinski definition) is 5. The van der Waals surface area contributed by atoms with Crippen molar-refractivity contribution in [3.8, 4) is 0 Å². The van der Waals surface area contributed by atoms with E-state index in [2.05, 4.69) is 19.2 Å². The van der Waals surface area contributed by atoms with Crippen molar-refractivity contribution in [2.75, 3.05) is 6.61 Å². The molecule has 0 spiro atoms. The van der Waals surface area contributed by atoms with Crippen LogP contribution in [0.25, 0.3) is 0 Å². The molecule has 0 aliphatic carbocycles. The highest BCUT2D eigenvalue weighted by molar-refractivity contribution is 5.80. The summed E-state index contributed by atoms with van der Waals surface area (Å²) in [7, 11) is 0. The largest absolute Gasteiger partial charge is 0.394 e. The molecule has 0 fully saturated rings. The molecule has 0 aliphatic rings. The van der Waals surface area contributed by atoms with Crippen LogP contribution in [-0.4, -0.2) is 57.3 Å². The van der Waals surface area contributed by atoms with Gasteiger partial charge in [-0.05, 0) is 12.8 Å². The molecule has 0 aromatic carbocycles. The van der Waals surface area contributed by atoms with E-state index in [9.17, 15) is 25.2 Å². The third-order valence-electron chi connectivity index (χ3n) is 13.8. The normalized spacial score (nSPS) is 13.7. The topological polar surface area (TPSA) is 110 Å². The lowest BCUT2D eigenvalue weighted by molar-refractivity contribution is -0.132. The summed E-state index contributed by atoms with van der Waals surface area (Å²) in [4.78, 5) is 12.6. The second kappa shape index (κ2) is 51.3. The van der Waals surface area contributed by atoms with Crippen molar-refractivity contribution in [1.82, 2.24) is 5.32 Å². The van der Waals surface area contributed by atoms with Crippen molar-refractivity contribution < 1.29 is 25.2 Å². The van der Waals surface area contributed by atoms with Crippen molar-refractivity contribution in [2.45, 2.75) is 346 Å². The number of rotatable bonds is 53. The predicted octanol–water partition coefficient (Wildman–Crippen LogP) is 16.3. The highest BCUT2D eigenvalue weighted by Crippen LogP contribution is 2.19. The first-order valence-electron chi connectivity index (χ1n) is 28.4. The number of aliphatic hydroxyl groups is 4. The first-order valence-corrected chi connectivity index (χ1v) is 28.4. The minimum atomic E-state index is -1.25. The Balaban J connectivity index is 3.58. The summed E-state index contributed by atoms with van der Waals surface area (Å²) in [5.74, 6) is -0.575. The van der Waals surface area contributed by atoms with Gasteiger partial charge >= 0.3 is 0 Å². The van der Waals surface area contributed by atoms with E-state index < -0.39 is 36.9 Å². The van der Waals surface area contributed by atoms with Crippen molar-refractivity contribution in [1.29, 1.82) is 0 Å². The van der Waals surface area contributed by atoms with Gasteiger partial charge in [-0.2, -0.15) is 0 Å². The molecule has 6 heteroatoms. The smallest absolute Gasteiger partial charge is 0.249 e. The van der Waals surface area contributed by atoms with Gasteiger partial charge in [0.25, 0.3) is 0 Å². The molecule has 1 amide bonds. The van der Waals surface area contributed by atoms with Crippen LogP contribution in [-0.2, 0) is 4.79 Å². The molecule has 0 aromatic heterocycles. The zero-order chi connectivity index (χ0) is 45.2. The summed E-state index contributed by atoms with van der Waals surface area (Å²) < 4.78 is 0. The molecule has 62 heavy (non-hydrogen) atoms. The lowest BCUT2D eigenvalue weighted by Gasteiger charge is -2.27. The Kier molecular flexibility index (Phi) is 50.7. The zero-order valence-corrected chi connectivity index (χ0v) is 42.2. The zero-order valence-electron chi connectivity index (χ0n) is 42.2. The molecule has 0 saturated carbocycles. The second-order valence-corrected chi connectivity index (χ2v) is 20.0. The SMILES string of the molecule is CCCCCCCCCCCCCCCCCCCCCCCCCCCCC(O)C(=O)NC(CO)C(O)C(O)CCCCCCCCCCCCCCCCCCCCCC. The summed E-state index contributed by atoms with van der Waals surface area (Å²) in [5, 5.41) is 44.0. The van der Waals surface area contributed by atoms with E-state index in [-0.39, 0.29) is 0 Å². The maximum absolute atomic E-state index is 12.6. The van der Waals surface area contributed by atoms with Gasteiger partial charge in [0.2, 0.25) is 5.91 Å². The van der Waals surface area contributed by atoms with E-state index in [1.165, 1.54) is 257 Å². The van der Waals surface area contributed by atoms with E-state index >= 15 is 0 Å². The van der Waals surface area contributed by atoms with Crippen molar-refractivity contribution >= 4 is 5.91 Å². The maximum atomic E-state index is 12.6. The third kappa shape index (κ3) is 44.5. The molecule has 0 heterocycles. The molecule has 4 atom stereocenters. The van der Waals surface area contributed by atoms with Crippen LogP contribution >= 0.6 is 0 Å². The summed E-state index contributed by atoms with van der Waals surface area (Å²) >= 11 is 0. The molecule has 4 unspecified atom stereocenters. The molecule has 372 valence electrons. The first-order chi connectivity index (χ1) is 30.5. The molecular weight excluding hydrogens is 767 g/mol. The minimum Gasteiger partial charge on any atom is -0.394 e. The van der Waals surface area contributed by atoms with Gasteiger partial charge in [0.05, 0.1) is 18.8 Å². The van der Waals surface area contributed by atoms with Crippen LogP contribution in [0.2, 0.25) is 0 Å². The molecule has 0 rings (SSSR count). The van der Waals surface area contributed by atoms with Crippen LogP contribution in [0.15, 0.2) is 0 Å². The van der Waals surface area contributed by atoms with Crippen LogP contribution in [0.1, 0.15) is 322 Å². The number of amides is 1. The Morgan fingerprint density at radius 2 is 0.548 bits per heavy atom. The summed E-state index contributed by atoms with van der Waals surface area (Å²) in [6.45, 7) is 4.10. The number of carbonyl (C=O) groups is 1. The molecule has 0 aliphatic heterocycles. The van der Waals surface area contributed by atoms with Gasteiger partial charge in [0.15, 0.2) is 0 Å². The Hall–Kier alpha value is -0.690. The van der Waals surface area contributed by atoms with Crippen molar-refractivity contribution in [3.05, 3.63) is 0 Å². The Morgan fingerprint density at radius 3 is 0.774 bits per heavy atom. The van der Waals surface area contributed by atoms with Crippen LogP contribution in [0.5, 0.6) is 0 Å². The van der Waals surface area contributed by atoms with Gasteiger partial charge in [-0.3, -0.25) is 4.79 Å². The van der Waals surface area contributed by atoms with Crippen LogP contribution < -0.4 is 5.32 Å². The number of nitrogens with one attached hydrogen (secondary N) is 1. The third-order valence-corrected chi connectivity index (χ3v) is 13.8. The van der Waals surface area contributed by atoms with Crippen molar-refractivity contribution in [3.63, 3.8) is 0 Å². The lowest BCUT2D eigenvalue weighted by atomic mass is 9.99. The fraction of sp³-hybridized carbons (Fsp3) is 0.982. The van der Waals surface area contributed by atoms with Crippen molar-refractivity contribution in [2.24, 2.45) is 0 Å². The average Bonchev–Trinajstić information content (AvgIpc) is 3.28. The van der Waals surface area contributed by atoms with E-state index in [0.29, 0.717) is 12.8 Å². The Morgan fingerprint density at radius 1 is 0.339 bits per heavy atom. The van der Waals surface area contributed by atoms with Crippen LogP contribution in [0, 0.1) is 0 Å². The molecule has 0 radical (unpaired) electrons. The highest BCUT2D eigenvalue weighted by atomic mass is 16.3.